The lowest BCUT2D eigenvalue weighted by molar-refractivity contribution is -0.133. The number of carbonyl (C=O) groups excluding carboxylic acids is 1. The maximum atomic E-state index is 14.0. The number of halogens is 4. The van der Waals surface area contributed by atoms with Crippen molar-refractivity contribution < 1.29 is 22.7 Å². The number of rotatable bonds is 5. The molecule has 0 spiro atoms. The van der Waals surface area contributed by atoms with E-state index in [0.717, 1.165) is 24.0 Å². The highest BCUT2D eigenvalue weighted by Gasteiger charge is 2.48. The molecular formula is C24H22Cl2F2N4O3. The van der Waals surface area contributed by atoms with Gasteiger partial charge in [-0.2, -0.15) is 0 Å². The van der Waals surface area contributed by atoms with Gasteiger partial charge in [-0.05, 0) is 31.8 Å². The van der Waals surface area contributed by atoms with Crippen molar-refractivity contribution in [3.63, 3.8) is 0 Å². The summed E-state index contributed by atoms with van der Waals surface area (Å²) in [6, 6.07) is 0.612. The summed E-state index contributed by atoms with van der Waals surface area (Å²) in [5, 5.41) is -0.0492. The third-order valence-electron chi connectivity index (χ3n) is 6.50. The number of furan rings is 1. The van der Waals surface area contributed by atoms with Crippen LogP contribution in [0.2, 0.25) is 10.0 Å². The second kappa shape index (κ2) is 8.65. The van der Waals surface area contributed by atoms with Gasteiger partial charge >= 0.3 is 0 Å². The Kier molecular flexibility index (Phi) is 5.89. The minimum atomic E-state index is -0.970. The first-order chi connectivity index (χ1) is 16.6. The van der Waals surface area contributed by atoms with Crippen LogP contribution < -0.4 is 16.2 Å². The zero-order valence-corrected chi connectivity index (χ0v) is 20.2. The van der Waals surface area contributed by atoms with E-state index in [0.29, 0.717) is 36.5 Å². The molecule has 3 heterocycles. The highest BCUT2D eigenvalue weighted by molar-refractivity contribution is 6.36. The number of ether oxygens (including phenoxy) is 1. The molecule has 2 aromatic heterocycles. The summed E-state index contributed by atoms with van der Waals surface area (Å²) in [6.45, 7) is 2.53. The van der Waals surface area contributed by atoms with E-state index in [4.69, 9.17) is 43.8 Å². The summed E-state index contributed by atoms with van der Waals surface area (Å²) in [6.07, 6.45) is 6.19. The Morgan fingerprint density at radius 1 is 1.29 bits per heavy atom. The number of hydrogen-bond donors (Lipinski definition) is 2. The van der Waals surface area contributed by atoms with Crippen molar-refractivity contribution in [1.29, 1.82) is 0 Å². The first-order valence-electron chi connectivity index (χ1n) is 11.0. The highest BCUT2D eigenvalue weighted by atomic mass is 35.5. The fraction of sp³-hybridized carbons (Fsp3) is 0.333. The van der Waals surface area contributed by atoms with Crippen molar-refractivity contribution in [2.24, 2.45) is 5.73 Å². The van der Waals surface area contributed by atoms with Crippen LogP contribution in [0.15, 0.2) is 29.0 Å². The largest absolute Gasteiger partial charge is 0.478 e. The molecule has 4 N–H and O–H groups in total. The second-order valence-corrected chi connectivity index (χ2v) is 9.65. The van der Waals surface area contributed by atoms with Crippen LogP contribution in [-0.4, -0.2) is 34.4 Å². The van der Waals surface area contributed by atoms with Crippen molar-refractivity contribution in [1.82, 2.24) is 9.88 Å². The van der Waals surface area contributed by atoms with Gasteiger partial charge in [0.05, 0.1) is 27.2 Å². The van der Waals surface area contributed by atoms with Crippen molar-refractivity contribution >= 4 is 51.5 Å². The summed E-state index contributed by atoms with van der Waals surface area (Å²) in [5.41, 5.74) is 13.4. The molecule has 184 valence electrons. The zero-order chi connectivity index (χ0) is 25.1. The first-order valence-corrected chi connectivity index (χ1v) is 11.8. The molecule has 1 atom stereocenters. The third kappa shape index (κ3) is 4.11. The van der Waals surface area contributed by atoms with Crippen LogP contribution in [0, 0.1) is 11.6 Å². The zero-order valence-electron chi connectivity index (χ0n) is 18.7. The van der Waals surface area contributed by atoms with Crippen LogP contribution in [0.1, 0.15) is 43.4 Å². The first kappa shape index (κ1) is 23.8. The number of aromatic nitrogens is 1. The monoisotopic (exact) mass is 522 g/mol. The van der Waals surface area contributed by atoms with Gasteiger partial charge < -0.3 is 25.5 Å². The van der Waals surface area contributed by atoms with Gasteiger partial charge in [0.2, 0.25) is 11.7 Å². The number of nitrogen functional groups attached to an aromatic ring is 1. The van der Waals surface area contributed by atoms with E-state index in [2.05, 4.69) is 4.98 Å². The molecule has 1 aliphatic heterocycles. The van der Waals surface area contributed by atoms with Gasteiger partial charge in [-0.15, -0.1) is 0 Å². The Bertz CT molecular complexity index is 1360. The summed E-state index contributed by atoms with van der Waals surface area (Å²) < 4.78 is 39.8. The Morgan fingerprint density at radius 2 is 1.97 bits per heavy atom. The average Bonchev–Trinajstić information content (AvgIpc) is 3.44. The number of amides is 1. The normalized spacial score (nSPS) is 17.9. The molecule has 7 nitrogen and oxygen atoms in total. The van der Waals surface area contributed by atoms with Gasteiger partial charge in [0.15, 0.2) is 11.4 Å². The van der Waals surface area contributed by atoms with E-state index in [9.17, 15) is 13.6 Å². The molecule has 1 saturated carbocycles. The minimum absolute atomic E-state index is 0.0185. The average molecular weight is 523 g/mol. The fourth-order valence-electron chi connectivity index (χ4n) is 4.29. The van der Waals surface area contributed by atoms with Crippen LogP contribution in [0.4, 0.5) is 14.6 Å². The van der Waals surface area contributed by atoms with Gasteiger partial charge in [-0.3, -0.25) is 4.79 Å². The number of nitrogens with zero attached hydrogens (tertiary/aromatic N) is 2. The van der Waals surface area contributed by atoms with E-state index in [1.807, 2.05) is 6.08 Å². The minimum Gasteiger partial charge on any atom is -0.478 e. The summed E-state index contributed by atoms with van der Waals surface area (Å²) in [4.78, 5) is 18.5. The Labute approximate surface area is 209 Å². The summed E-state index contributed by atoms with van der Waals surface area (Å²) >= 11 is 12.1. The second-order valence-electron chi connectivity index (χ2n) is 8.89. The van der Waals surface area contributed by atoms with Gasteiger partial charge in [-0.1, -0.05) is 29.3 Å². The van der Waals surface area contributed by atoms with E-state index in [1.54, 1.807) is 17.4 Å². The van der Waals surface area contributed by atoms with Crippen LogP contribution in [0.25, 0.3) is 16.5 Å². The fourth-order valence-corrected chi connectivity index (χ4v) is 4.94. The molecule has 5 rings (SSSR count). The molecule has 1 fully saturated rings. The van der Waals surface area contributed by atoms with Crippen molar-refractivity contribution in [3.8, 4) is 5.75 Å². The van der Waals surface area contributed by atoms with Crippen LogP contribution in [-0.2, 0) is 4.79 Å². The van der Waals surface area contributed by atoms with Gasteiger partial charge in [-0.25, -0.2) is 13.8 Å². The van der Waals surface area contributed by atoms with Gasteiger partial charge in [0.1, 0.15) is 17.7 Å². The third-order valence-corrected chi connectivity index (χ3v) is 7.27. The molecule has 0 radical (unpaired) electrons. The predicted molar refractivity (Wildman–Crippen MR) is 129 cm³/mol. The van der Waals surface area contributed by atoms with Crippen molar-refractivity contribution in [2.45, 2.75) is 37.8 Å². The smallest absolute Gasteiger partial charge is 0.242 e. The maximum absolute atomic E-state index is 14.0. The van der Waals surface area contributed by atoms with Gasteiger partial charge in [0, 0.05) is 36.5 Å². The molecule has 0 bridgehead atoms. The molecule has 35 heavy (non-hydrogen) atoms. The maximum Gasteiger partial charge on any atom is 0.242 e. The molecule has 3 aromatic rings. The standard InChI is InChI=1S/C24H22Cl2F2N4O3/c1-11(17-18(25)15(27)8-16(28)19(17)26)35-21-20-13(9-31-22(21)29)14(10-34-20)12-2-6-32(7-3-12)23(33)24(30)4-5-24/h2,8-11H,3-7,30H2,1H3,(H2,29,31)/t11-/m1/s1. The molecule has 2 aliphatic rings. The van der Waals surface area contributed by atoms with E-state index >= 15 is 0 Å². The molecule has 1 aromatic carbocycles. The molecule has 11 heteroatoms. The topological polar surface area (TPSA) is 108 Å². The van der Waals surface area contributed by atoms with Crippen LogP contribution in [0.3, 0.4) is 0 Å². The molecule has 1 amide bonds. The lowest BCUT2D eigenvalue weighted by Gasteiger charge is -2.28. The molecular weight excluding hydrogens is 501 g/mol. The molecule has 1 aliphatic carbocycles. The Morgan fingerprint density at radius 3 is 2.57 bits per heavy atom. The SMILES string of the molecule is C[C@@H](Oc1c(N)ncc2c(C3=CCN(C(=O)C4(N)CC4)CC3)coc12)c1c(Cl)c(F)cc(F)c1Cl. The number of carbonyl (C=O) groups is 1. The predicted octanol–water partition coefficient (Wildman–Crippen LogP) is 5.24. The van der Waals surface area contributed by atoms with E-state index < -0.39 is 23.3 Å². The quantitative estimate of drug-likeness (QED) is 0.443. The number of fused-ring (bicyclic) bond motifs is 1. The summed E-state index contributed by atoms with van der Waals surface area (Å²) in [7, 11) is 0. The Balaban J connectivity index is 1.44. The highest BCUT2D eigenvalue weighted by Crippen LogP contribution is 2.42. The van der Waals surface area contributed by atoms with Crippen LogP contribution in [0.5, 0.6) is 5.75 Å². The van der Waals surface area contributed by atoms with Crippen LogP contribution >= 0.6 is 23.2 Å². The number of pyridine rings is 1. The number of benzene rings is 1. The Hall–Kier alpha value is -2.88. The van der Waals surface area contributed by atoms with Crippen molar-refractivity contribution in [2.75, 3.05) is 18.8 Å². The lowest BCUT2D eigenvalue weighted by atomic mass is 9.99. The van der Waals surface area contributed by atoms with E-state index in [-0.39, 0.29) is 33.1 Å². The lowest BCUT2D eigenvalue weighted by Crippen LogP contribution is -2.47. The molecule has 0 unspecified atom stereocenters. The van der Waals surface area contributed by atoms with Crippen molar-refractivity contribution in [3.05, 3.63) is 57.4 Å². The summed E-state index contributed by atoms with van der Waals surface area (Å²) in [5.74, 6) is -1.80. The number of anilines is 1. The number of hydrogen-bond acceptors (Lipinski definition) is 6. The van der Waals surface area contributed by atoms with E-state index in [1.165, 1.54) is 6.92 Å². The van der Waals surface area contributed by atoms with Gasteiger partial charge in [0.25, 0.3) is 0 Å². The molecule has 0 saturated heterocycles. The number of nitrogens with two attached hydrogens (primary N) is 2.